The number of carboxylic acid groups (broad SMARTS) is 1. The van der Waals surface area contributed by atoms with Gasteiger partial charge in [0.1, 0.15) is 0 Å². The molecule has 1 aromatic rings. The lowest BCUT2D eigenvalue weighted by atomic mass is 9.87. The van der Waals surface area contributed by atoms with Crippen molar-refractivity contribution in [1.82, 2.24) is 4.90 Å². The molecule has 25 heavy (non-hydrogen) atoms. The van der Waals surface area contributed by atoms with Crippen LogP contribution in [0.1, 0.15) is 38.4 Å². The van der Waals surface area contributed by atoms with E-state index in [1.54, 1.807) is 17.0 Å². The number of rotatable bonds is 4. The van der Waals surface area contributed by atoms with E-state index in [9.17, 15) is 19.8 Å². The summed E-state index contributed by atoms with van der Waals surface area (Å²) in [6.45, 7) is 4.80. The molecule has 1 saturated heterocycles. The van der Waals surface area contributed by atoms with Gasteiger partial charge in [-0.1, -0.05) is 37.6 Å². The molecule has 0 aromatic heterocycles. The summed E-state index contributed by atoms with van der Waals surface area (Å²) in [5.41, 5.74) is 0.367. The molecule has 1 heterocycles. The van der Waals surface area contributed by atoms with Crippen molar-refractivity contribution in [2.24, 2.45) is 23.2 Å². The number of carbonyl (C=O) groups excluding carboxylic acids is 1. The van der Waals surface area contributed by atoms with Gasteiger partial charge in [-0.05, 0) is 41.9 Å². The van der Waals surface area contributed by atoms with Crippen LogP contribution < -0.4 is 0 Å². The predicted octanol–water partition coefficient (Wildman–Crippen LogP) is 2.97. The van der Waals surface area contributed by atoms with Crippen molar-refractivity contribution >= 4 is 23.5 Å². The summed E-state index contributed by atoms with van der Waals surface area (Å²) >= 11 is 5.88. The molecule has 2 aliphatic rings. The van der Waals surface area contributed by atoms with Crippen molar-refractivity contribution in [3.8, 4) is 0 Å². The number of aliphatic carboxylic acids is 1. The van der Waals surface area contributed by atoms with Crippen LogP contribution in [-0.2, 0) is 9.59 Å². The fourth-order valence-electron chi connectivity index (χ4n) is 4.12. The van der Waals surface area contributed by atoms with Crippen molar-refractivity contribution in [2.45, 2.75) is 32.8 Å². The van der Waals surface area contributed by atoms with Gasteiger partial charge in [0.15, 0.2) is 0 Å². The third-order valence-corrected chi connectivity index (χ3v) is 6.12. The quantitative estimate of drug-likeness (QED) is 0.859. The van der Waals surface area contributed by atoms with Gasteiger partial charge in [0.05, 0.1) is 17.9 Å². The van der Waals surface area contributed by atoms with Crippen LogP contribution in [-0.4, -0.2) is 40.1 Å². The molecule has 1 aromatic carbocycles. The Morgan fingerprint density at radius 1 is 1.16 bits per heavy atom. The maximum atomic E-state index is 12.7. The zero-order valence-corrected chi connectivity index (χ0v) is 15.2. The lowest BCUT2D eigenvalue weighted by Crippen LogP contribution is -2.41. The van der Waals surface area contributed by atoms with Crippen LogP contribution in [0.2, 0.25) is 5.02 Å². The SMILES string of the molecule is CC1(C)[C@H](C(=O)O)[C@@H]1C(=O)N1CCC(C(O)c2ccc(Cl)cc2)CC1. The number of carboxylic acids is 1. The Morgan fingerprint density at radius 3 is 2.20 bits per heavy atom. The molecule has 6 heteroatoms. The fourth-order valence-corrected chi connectivity index (χ4v) is 4.25. The zero-order valence-electron chi connectivity index (χ0n) is 14.5. The molecule has 5 nitrogen and oxygen atoms in total. The maximum absolute atomic E-state index is 12.7. The average Bonchev–Trinajstić information content (AvgIpc) is 3.17. The number of aliphatic hydroxyl groups is 1. The largest absolute Gasteiger partial charge is 0.481 e. The Hall–Kier alpha value is -1.59. The van der Waals surface area contributed by atoms with E-state index in [4.69, 9.17) is 11.6 Å². The van der Waals surface area contributed by atoms with Crippen molar-refractivity contribution in [3.05, 3.63) is 34.9 Å². The summed E-state index contributed by atoms with van der Waals surface area (Å²) < 4.78 is 0. The van der Waals surface area contributed by atoms with Crippen LogP contribution in [0.25, 0.3) is 0 Å². The Bertz CT molecular complexity index is 665. The standard InChI is InChI=1S/C19H24ClNO4/c1-19(2)14(15(19)18(24)25)17(23)21-9-7-12(8-10-21)16(22)11-3-5-13(20)6-4-11/h3-6,12,14-16,22H,7-10H2,1-2H3,(H,24,25)/t14-,15+,16?/m1/s1. The Kier molecular flexibility index (Phi) is 4.82. The van der Waals surface area contributed by atoms with E-state index in [0.717, 1.165) is 5.56 Å². The van der Waals surface area contributed by atoms with Crippen LogP contribution in [0.3, 0.4) is 0 Å². The van der Waals surface area contributed by atoms with Crippen LogP contribution in [0.15, 0.2) is 24.3 Å². The summed E-state index contributed by atoms with van der Waals surface area (Å²) in [5, 5.41) is 20.4. The number of carbonyl (C=O) groups is 2. The van der Waals surface area contributed by atoms with Gasteiger partial charge in [0.25, 0.3) is 0 Å². The lowest BCUT2D eigenvalue weighted by Gasteiger charge is -2.34. The van der Waals surface area contributed by atoms with Crippen molar-refractivity contribution in [3.63, 3.8) is 0 Å². The highest BCUT2D eigenvalue weighted by molar-refractivity contribution is 6.30. The minimum Gasteiger partial charge on any atom is -0.481 e. The number of aliphatic hydroxyl groups excluding tert-OH is 1. The molecule has 1 unspecified atom stereocenters. The van der Waals surface area contributed by atoms with Gasteiger partial charge in [-0.3, -0.25) is 9.59 Å². The lowest BCUT2D eigenvalue weighted by molar-refractivity contribution is -0.142. The summed E-state index contributed by atoms with van der Waals surface area (Å²) in [6.07, 6.45) is 0.847. The van der Waals surface area contributed by atoms with Gasteiger partial charge in [-0.15, -0.1) is 0 Å². The molecule has 2 N–H and O–H groups in total. The number of piperidine rings is 1. The first-order valence-electron chi connectivity index (χ1n) is 8.68. The monoisotopic (exact) mass is 365 g/mol. The van der Waals surface area contributed by atoms with Crippen LogP contribution in [0, 0.1) is 23.2 Å². The topological polar surface area (TPSA) is 77.8 Å². The van der Waals surface area contributed by atoms with E-state index in [0.29, 0.717) is 31.0 Å². The molecule has 2 fully saturated rings. The van der Waals surface area contributed by atoms with Crippen molar-refractivity contribution in [1.29, 1.82) is 0 Å². The average molecular weight is 366 g/mol. The molecule has 136 valence electrons. The molecule has 1 aliphatic carbocycles. The first-order valence-corrected chi connectivity index (χ1v) is 9.06. The second-order valence-electron chi connectivity index (χ2n) is 7.77. The van der Waals surface area contributed by atoms with Crippen LogP contribution >= 0.6 is 11.6 Å². The highest BCUT2D eigenvalue weighted by atomic mass is 35.5. The molecule has 3 atom stereocenters. The fraction of sp³-hybridized carbons (Fsp3) is 0.579. The molecule has 0 spiro atoms. The molecule has 0 bridgehead atoms. The highest BCUT2D eigenvalue weighted by Crippen LogP contribution is 2.59. The summed E-state index contributed by atoms with van der Waals surface area (Å²) in [7, 11) is 0. The summed E-state index contributed by atoms with van der Waals surface area (Å²) in [4.78, 5) is 25.7. The van der Waals surface area contributed by atoms with Gasteiger partial charge in [-0.25, -0.2) is 0 Å². The molecule has 1 amide bonds. The van der Waals surface area contributed by atoms with Crippen LogP contribution in [0.4, 0.5) is 0 Å². The number of benzene rings is 1. The molecule has 1 aliphatic heterocycles. The van der Waals surface area contributed by atoms with Crippen LogP contribution in [0.5, 0.6) is 0 Å². The zero-order chi connectivity index (χ0) is 18.4. The number of likely N-dealkylation sites (tertiary alicyclic amines) is 1. The van der Waals surface area contributed by atoms with Crippen molar-refractivity contribution < 1.29 is 19.8 Å². The number of hydrogen-bond donors (Lipinski definition) is 2. The Balaban J connectivity index is 1.58. The second-order valence-corrected chi connectivity index (χ2v) is 8.21. The van der Waals surface area contributed by atoms with Gasteiger partial charge in [-0.2, -0.15) is 0 Å². The minimum atomic E-state index is -0.892. The van der Waals surface area contributed by atoms with Gasteiger partial charge >= 0.3 is 5.97 Å². The first kappa shape index (κ1) is 18.2. The minimum absolute atomic E-state index is 0.0585. The molecule has 0 radical (unpaired) electrons. The third kappa shape index (κ3) is 3.40. The predicted molar refractivity (Wildman–Crippen MR) is 94.1 cm³/mol. The number of nitrogens with zero attached hydrogens (tertiary/aromatic N) is 1. The van der Waals surface area contributed by atoms with E-state index in [2.05, 4.69) is 0 Å². The molecule has 3 rings (SSSR count). The Labute approximate surface area is 152 Å². The number of halogens is 1. The molecule has 1 saturated carbocycles. The first-order chi connectivity index (χ1) is 11.7. The van der Waals surface area contributed by atoms with Gasteiger partial charge < -0.3 is 15.1 Å². The molecular weight excluding hydrogens is 342 g/mol. The van der Waals surface area contributed by atoms with Gasteiger partial charge in [0, 0.05) is 18.1 Å². The summed E-state index contributed by atoms with van der Waals surface area (Å²) in [6, 6.07) is 7.18. The van der Waals surface area contributed by atoms with E-state index < -0.39 is 29.3 Å². The third-order valence-electron chi connectivity index (χ3n) is 5.87. The Morgan fingerprint density at radius 2 is 1.72 bits per heavy atom. The molecular formula is C19H24ClNO4. The van der Waals surface area contributed by atoms with E-state index in [-0.39, 0.29) is 11.8 Å². The normalized spacial score (nSPS) is 27.0. The van der Waals surface area contributed by atoms with Gasteiger partial charge in [0.2, 0.25) is 5.91 Å². The summed E-state index contributed by atoms with van der Waals surface area (Å²) in [5.74, 6) is -1.87. The second kappa shape index (κ2) is 6.61. The number of amides is 1. The number of hydrogen-bond acceptors (Lipinski definition) is 3. The smallest absolute Gasteiger partial charge is 0.307 e. The van der Waals surface area contributed by atoms with E-state index >= 15 is 0 Å². The van der Waals surface area contributed by atoms with E-state index in [1.165, 1.54) is 0 Å². The maximum Gasteiger partial charge on any atom is 0.307 e. The van der Waals surface area contributed by atoms with E-state index in [1.807, 2.05) is 26.0 Å². The highest BCUT2D eigenvalue weighted by Gasteiger charge is 2.66. The van der Waals surface area contributed by atoms with Crippen molar-refractivity contribution in [2.75, 3.05) is 13.1 Å².